The molecular formula is C27H42N4O4. The van der Waals surface area contributed by atoms with Crippen molar-refractivity contribution in [3.8, 4) is 0 Å². The Morgan fingerprint density at radius 1 is 1.29 bits per heavy atom. The lowest BCUT2D eigenvalue weighted by atomic mass is 9.83. The van der Waals surface area contributed by atoms with Crippen LogP contribution in [0.4, 0.5) is 4.79 Å². The third-order valence-corrected chi connectivity index (χ3v) is 6.06. The first-order valence-corrected chi connectivity index (χ1v) is 12.3. The number of carbonyl (C=O) groups excluding carboxylic acids is 3. The lowest BCUT2D eigenvalue weighted by Gasteiger charge is -2.39. The minimum absolute atomic E-state index is 0.131. The second kappa shape index (κ2) is 11.7. The van der Waals surface area contributed by atoms with Crippen LogP contribution < -0.4 is 11.2 Å². The number of aryl methyl sites for hydroxylation is 1. The van der Waals surface area contributed by atoms with Crippen LogP contribution in [0, 0.1) is 12.3 Å². The number of nitrogens with zero attached hydrogens (tertiary/aromatic N) is 2. The quantitative estimate of drug-likeness (QED) is 0.347. The van der Waals surface area contributed by atoms with Gasteiger partial charge in [-0.2, -0.15) is 0 Å². The van der Waals surface area contributed by atoms with Gasteiger partial charge in [-0.1, -0.05) is 48.9 Å². The molecule has 194 valence electrons. The monoisotopic (exact) mass is 486 g/mol. The normalized spacial score (nSPS) is 18.7. The van der Waals surface area contributed by atoms with Crippen molar-refractivity contribution in [1.29, 1.82) is 0 Å². The molecule has 0 bridgehead atoms. The van der Waals surface area contributed by atoms with Crippen LogP contribution in [0.2, 0.25) is 0 Å². The van der Waals surface area contributed by atoms with Crippen LogP contribution in [0.5, 0.6) is 0 Å². The van der Waals surface area contributed by atoms with Gasteiger partial charge in [-0.15, -0.1) is 0 Å². The van der Waals surface area contributed by atoms with Gasteiger partial charge in [-0.3, -0.25) is 15.0 Å². The summed E-state index contributed by atoms with van der Waals surface area (Å²) < 4.78 is 5.41. The Morgan fingerprint density at radius 2 is 1.97 bits per heavy atom. The molecule has 35 heavy (non-hydrogen) atoms. The van der Waals surface area contributed by atoms with Crippen molar-refractivity contribution < 1.29 is 19.1 Å². The third kappa shape index (κ3) is 8.38. The van der Waals surface area contributed by atoms with Gasteiger partial charge in [0.2, 0.25) is 0 Å². The Balaban J connectivity index is 2.26. The largest absolute Gasteiger partial charge is 0.465 e. The summed E-state index contributed by atoms with van der Waals surface area (Å²) in [5.74, 6) is -0.732. The Hall–Kier alpha value is -2.87. The summed E-state index contributed by atoms with van der Waals surface area (Å²) in [5.41, 5.74) is 9.66. The van der Waals surface area contributed by atoms with Crippen molar-refractivity contribution in [1.82, 2.24) is 15.3 Å². The van der Waals surface area contributed by atoms with Crippen LogP contribution in [0.3, 0.4) is 0 Å². The van der Waals surface area contributed by atoms with Crippen LogP contribution in [-0.2, 0) is 20.7 Å². The number of esters is 1. The fraction of sp³-hybridized carbons (Fsp3) is 0.593. The number of urea groups is 1. The fourth-order valence-corrected chi connectivity index (χ4v) is 4.13. The number of hydrogen-bond donors (Lipinski definition) is 2. The van der Waals surface area contributed by atoms with E-state index in [0.29, 0.717) is 13.0 Å². The molecule has 1 aliphatic rings. The number of benzene rings is 1. The highest BCUT2D eigenvalue weighted by Crippen LogP contribution is 2.29. The zero-order chi connectivity index (χ0) is 26.4. The van der Waals surface area contributed by atoms with Gasteiger partial charge in [0.25, 0.3) is 5.91 Å². The third-order valence-electron chi connectivity index (χ3n) is 6.06. The van der Waals surface area contributed by atoms with E-state index in [4.69, 9.17) is 10.5 Å². The number of amides is 3. The zero-order valence-corrected chi connectivity index (χ0v) is 22.3. The molecular weight excluding hydrogens is 444 g/mol. The van der Waals surface area contributed by atoms with Gasteiger partial charge in [-0.25, -0.2) is 9.80 Å². The van der Waals surface area contributed by atoms with E-state index < -0.39 is 22.9 Å². The first kappa shape index (κ1) is 28.4. The van der Waals surface area contributed by atoms with Crippen molar-refractivity contribution in [2.45, 2.75) is 85.4 Å². The van der Waals surface area contributed by atoms with Gasteiger partial charge in [0, 0.05) is 18.9 Å². The molecule has 2 unspecified atom stereocenters. The molecule has 8 heteroatoms. The summed E-state index contributed by atoms with van der Waals surface area (Å²) in [7, 11) is 0. The van der Waals surface area contributed by atoms with Crippen molar-refractivity contribution in [3.63, 3.8) is 0 Å². The van der Waals surface area contributed by atoms with E-state index in [1.807, 2.05) is 32.9 Å². The average molecular weight is 487 g/mol. The maximum atomic E-state index is 13.5. The predicted molar refractivity (Wildman–Crippen MR) is 137 cm³/mol. The lowest BCUT2D eigenvalue weighted by molar-refractivity contribution is -0.143. The number of ether oxygens (including phenoxy) is 1. The van der Waals surface area contributed by atoms with Gasteiger partial charge in [-0.05, 0) is 59.4 Å². The van der Waals surface area contributed by atoms with Crippen molar-refractivity contribution in [3.05, 3.63) is 47.5 Å². The topological polar surface area (TPSA) is 105 Å². The number of nitrogens with one attached hydrogen (secondary N) is 1. The Labute approximate surface area is 209 Å². The molecule has 3 N–H and O–H groups in total. The predicted octanol–water partition coefficient (Wildman–Crippen LogP) is 3.73. The standard InChI is InChI=1S/C27H42N4O4/c1-19-10-8-11-22(16-19)17-27(7,18-35-21(3)32)14-13-23-12-9-15-30(23)25(34)31(26(4,5)6)29-24(33)20(2)28/h8,10-11,13-14,16,20,23H,9,12,15,17-18,28H2,1-7H3,(H,29,33)/b14-13+/t20?,23?,27-/m0/s1. The fourth-order valence-electron chi connectivity index (χ4n) is 4.13. The molecule has 0 aromatic heterocycles. The Morgan fingerprint density at radius 3 is 2.54 bits per heavy atom. The summed E-state index contributed by atoms with van der Waals surface area (Å²) in [6.07, 6.45) is 6.47. The van der Waals surface area contributed by atoms with Gasteiger partial charge >= 0.3 is 12.0 Å². The number of hydrazine groups is 1. The number of carbonyl (C=O) groups is 3. The highest BCUT2D eigenvalue weighted by atomic mass is 16.5. The molecule has 1 fully saturated rings. The first-order valence-electron chi connectivity index (χ1n) is 12.3. The maximum absolute atomic E-state index is 13.5. The molecule has 3 atom stereocenters. The van der Waals surface area contributed by atoms with Gasteiger partial charge in [0.05, 0.1) is 17.6 Å². The molecule has 0 radical (unpaired) electrons. The molecule has 0 spiro atoms. The molecule has 2 rings (SSSR count). The minimum Gasteiger partial charge on any atom is -0.465 e. The minimum atomic E-state index is -0.731. The SMILES string of the molecule is CC(=O)OC[C@@](C)(/C=C/C1CCCN1C(=O)N(NC(=O)C(C)N)C(C)(C)C)Cc1cccc(C)c1. The van der Waals surface area contributed by atoms with Crippen LogP contribution >= 0.6 is 0 Å². The average Bonchev–Trinajstić information content (AvgIpc) is 3.22. The molecule has 1 aromatic rings. The summed E-state index contributed by atoms with van der Waals surface area (Å²) in [6.45, 7) is 13.5. The van der Waals surface area contributed by atoms with Crippen molar-refractivity contribution >= 4 is 17.9 Å². The first-order chi connectivity index (χ1) is 16.2. The van der Waals surface area contributed by atoms with E-state index >= 15 is 0 Å². The molecule has 0 aliphatic carbocycles. The Kier molecular flexibility index (Phi) is 9.49. The van der Waals surface area contributed by atoms with Crippen LogP contribution in [0.1, 0.15) is 65.5 Å². The summed E-state index contributed by atoms with van der Waals surface area (Å²) in [5, 5.41) is 1.37. The summed E-state index contributed by atoms with van der Waals surface area (Å²) >= 11 is 0. The Bertz CT molecular complexity index is 937. The second-order valence-electron chi connectivity index (χ2n) is 10.9. The lowest BCUT2D eigenvalue weighted by Crippen LogP contribution is -2.62. The highest BCUT2D eigenvalue weighted by Gasteiger charge is 2.37. The maximum Gasteiger partial charge on any atom is 0.339 e. The number of likely N-dealkylation sites (tertiary alicyclic amines) is 1. The van der Waals surface area contributed by atoms with E-state index in [2.05, 4.69) is 43.5 Å². The van der Waals surface area contributed by atoms with E-state index in [1.165, 1.54) is 17.5 Å². The summed E-state index contributed by atoms with van der Waals surface area (Å²) in [4.78, 5) is 39.1. The molecule has 1 heterocycles. The number of hydrogen-bond acceptors (Lipinski definition) is 5. The van der Waals surface area contributed by atoms with Gasteiger partial charge < -0.3 is 15.4 Å². The van der Waals surface area contributed by atoms with E-state index in [1.54, 1.807) is 11.8 Å². The van der Waals surface area contributed by atoms with Crippen LogP contribution in [0.25, 0.3) is 0 Å². The molecule has 8 nitrogen and oxygen atoms in total. The van der Waals surface area contributed by atoms with Crippen LogP contribution in [0.15, 0.2) is 36.4 Å². The zero-order valence-electron chi connectivity index (χ0n) is 22.3. The highest BCUT2D eigenvalue weighted by molar-refractivity contribution is 5.85. The van der Waals surface area contributed by atoms with Crippen LogP contribution in [-0.4, -0.2) is 58.6 Å². The smallest absolute Gasteiger partial charge is 0.339 e. The number of rotatable bonds is 7. The molecule has 3 amide bonds. The van der Waals surface area contributed by atoms with Gasteiger partial charge in [0.1, 0.15) is 6.61 Å². The molecule has 1 saturated heterocycles. The van der Waals surface area contributed by atoms with Gasteiger partial charge in [0.15, 0.2) is 0 Å². The van der Waals surface area contributed by atoms with Crippen molar-refractivity contribution in [2.75, 3.05) is 13.2 Å². The number of nitrogens with two attached hydrogens (primary N) is 1. The van der Waals surface area contributed by atoms with Crippen molar-refractivity contribution in [2.24, 2.45) is 11.1 Å². The molecule has 1 aromatic carbocycles. The molecule has 1 aliphatic heterocycles. The van der Waals surface area contributed by atoms with E-state index in [0.717, 1.165) is 18.4 Å². The second-order valence-corrected chi connectivity index (χ2v) is 10.9. The van der Waals surface area contributed by atoms with E-state index in [9.17, 15) is 14.4 Å². The summed E-state index contributed by atoms with van der Waals surface area (Å²) in [6, 6.07) is 7.15. The van der Waals surface area contributed by atoms with E-state index in [-0.39, 0.29) is 24.6 Å². The molecule has 0 saturated carbocycles.